The molecule has 0 spiro atoms. The highest BCUT2D eigenvalue weighted by molar-refractivity contribution is 7.10. The second kappa shape index (κ2) is 15.1. The zero-order chi connectivity index (χ0) is 34.5. The van der Waals surface area contributed by atoms with E-state index in [1.165, 1.54) is 29.8 Å². The van der Waals surface area contributed by atoms with Crippen molar-refractivity contribution < 1.29 is 28.5 Å². The van der Waals surface area contributed by atoms with Crippen LogP contribution >= 0.6 is 34.3 Å². The Balaban J connectivity index is 1.38. The Bertz CT molecular complexity index is 2210. The summed E-state index contributed by atoms with van der Waals surface area (Å²) in [5, 5.41) is 2.20. The molecule has 0 aliphatic carbocycles. The van der Waals surface area contributed by atoms with E-state index in [2.05, 4.69) is 0 Å². The Morgan fingerprint density at radius 3 is 2.37 bits per heavy atom. The molecule has 1 atom stereocenters. The van der Waals surface area contributed by atoms with Gasteiger partial charge >= 0.3 is 11.9 Å². The van der Waals surface area contributed by atoms with Gasteiger partial charge in [-0.1, -0.05) is 71.5 Å². The van der Waals surface area contributed by atoms with Crippen molar-refractivity contribution in [2.24, 2.45) is 4.99 Å². The van der Waals surface area contributed by atoms with Crippen molar-refractivity contribution in [2.75, 3.05) is 20.3 Å². The highest BCUT2D eigenvalue weighted by Crippen LogP contribution is 2.38. The summed E-state index contributed by atoms with van der Waals surface area (Å²) in [6, 6.07) is 22.8. The molecule has 6 rings (SSSR count). The van der Waals surface area contributed by atoms with E-state index in [1.807, 2.05) is 47.8 Å². The lowest BCUT2D eigenvalue weighted by atomic mass is 9.97. The molecule has 1 aliphatic rings. The normalized spacial score (nSPS) is 14.2. The number of thiophene rings is 1. The van der Waals surface area contributed by atoms with Crippen molar-refractivity contribution in [3.8, 4) is 11.5 Å². The van der Waals surface area contributed by atoms with Gasteiger partial charge in [-0.15, -0.1) is 11.3 Å². The van der Waals surface area contributed by atoms with E-state index >= 15 is 0 Å². The lowest BCUT2D eigenvalue weighted by molar-refractivity contribution is -0.138. The first-order valence-electron chi connectivity index (χ1n) is 15.4. The van der Waals surface area contributed by atoms with Gasteiger partial charge in [0, 0.05) is 10.4 Å². The first-order chi connectivity index (χ1) is 23.8. The second-order valence-corrected chi connectivity index (χ2v) is 13.1. The number of hydrogen-bond donors (Lipinski definition) is 0. The van der Waals surface area contributed by atoms with Gasteiger partial charge < -0.3 is 18.9 Å². The van der Waals surface area contributed by atoms with Crippen molar-refractivity contribution in [1.29, 1.82) is 0 Å². The Labute approximate surface area is 295 Å². The van der Waals surface area contributed by atoms with Crippen molar-refractivity contribution >= 4 is 58.0 Å². The number of thiazole rings is 1. The fraction of sp³-hybridized carbons (Fsp3) is 0.189. The molecule has 3 heterocycles. The minimum absolute atomic E-state index is 0.173. The molecule has 0 N–H and O–H groups in total. The maximum absolute atomic E-state index is 14.2. The number of methoxy groups -OCH3 is 1. The molecule has 49 heavy (non-hydrogen) atoms. The van der Waals surface area contributed by atoms with Crippen LogP contribution in [0.25, 0.3) is 11.8 Å². The molecule has 250 valence electrons. The minimum atomic E-state index is -0.729. The summed E-state index contributed by atoms with van der Waals surface area (Å²) >= 11 is 9.38. The maximum atomic E-state index is 14.2. The minimum Gasteiger partial charge on any atom is -0.493 e. The van der Waals surface area contributed by atoms with Gasteiger partial charge in [0.2, 0.25) is 0 Å². The standard InChI is InChI=1S/C37H31ClN2O7S2/c1-4-45-35(42)25-15-13-22(14-16-25)21-47-33-26(38)18-23(19-27(33)44-3)20-29-34(41)40-32(28-12-9-17-48-28)30(36(43)46-5-2)31(39-37(40)49-29)24-10-7-6-8-11-24/h6-20,32H,4-5,21H2,1-3H3/b29-20-/t32-/m1/s1. The van der Waals surface area contributed by atoms with Gasteiger partial charge in [0.1, 0.15) is 12.6 Å². The average Bonchev–Trinajstić information content (AvgIpc) is 3.76. The molecule has 2 aromatic heterocycles. The first kappa shape index (κ1) is 33.9. The number of halogens is 1. The number of aromatic nitrogens is 1. The molecular formula is C37H31ClN2O7S2. The third-order valence-corrected chi connectivity index (χ3v) is 9.77. The summed E-state index contributed by atoms with van der Waals surface area (Å²) in [6.07, 6.45) is 1.72. The zero-order valence-corrected chi connectivity index (χ0v) is 29.2. The highest BCUT2D eigenvalue weighted by Gasteiger charge is 2.35. The van der Waals surface area contributed by atoms with E-state index in [-0.39, 0.29) is 29.8 Å². The van der Waals surface area contributed by atoms with Crippen LogP contribution in [0.2, 0.25) is 5.02 Å². The molecule has 0 saturated carbocycles. The number of ether oxygens (including phenoxy) is 4. The fourth-order valence-electron chi connectivity index (χ4n) is 5.38. The summed E-state index contributed by atoms with van der Waals surface area (Å²) in [5.74, 6) is -0.204. The number of fused-ring (bicyclic) bond motifs is 1. The fourth-order valence-corrected chi connectivity index (χ4v) is 7.48. The summed E-state index contributed by atoms with van der Waals surface area (Å²) in [4.78, 5) is 45.8. The number of benzene rings is 3. The summed E-state index contributed by atoms with van der Waals surface area (Å²) in [5.41, 5.74) is 3.08. The largest absolute Gasteiger partial charge is 0.493 e. The molecule has 9 nitrogen and oxygen atoms in total. The monoisotopic (exact) mass is 714 g/mol. The summed E-state index contributed by atoms with van der Waals surface area (Å²) in [7, 11) is 1.51. The van der Waals surface area contributed by atoms with Crippen LogP contribution in [0.15, 0.2) is 99.6 Å². The molecular weight excluding hydrogens is 684 g/mol. The summed E-state index contributed by atoms with van der Waals surface area (Å²) in [6.45, 7) is 4.15. The van der Waals surface area contributed by atoms with E-state index in [9.17, 15) is 14.4 Å². The Hall–Kier alpha value is -4.97. The lowest BCUT2D eigenvalue weighted by Crippen LogP contribution is -2.39. The topological polar surface area (TPSA) is 105 Å². The van der Waals surface area contributed by atoms with E-state index in [0.717, 1.165) is 16.0 Å². The van der Waals surface area contributed by atoms with E-state index < -0.39 is 12.0 Å². The van der Waals surface area contributed by atoms with Gasteiger partial charge in [0.25, 0.3) is 5.56 Å². The molecule has 1 aliphatic heterocycles. The zero-order valence-electron chi connectivity index (χ0n) is 26.8. The Morgan fingerprint density at radius 2 is 1.69 bits per heavy atom. The van der Waals surface area contributed by atoms with Crippen molar-refractivity contribution in [3.05, 3.63) is 142 Å². The smallest absolute Gasteiger partial charge is 0.338 e. The summed E-state index contributed by atoms with van der Waals surface area (Å²) < 4.78 is 24.2. The molecule has 0 amide bonds. The molecule has 0 radical (unpaired) electrons. The molecule has 5 aromatic rings. The number of hydrogen-bond acceptors (Lipinski definition) is 10. The lowest BCUT2D eigenvalue weighted by Gasteiger charge is -2.24. The predicted octanol–water partition coefficient (Wildman–Crippen LogP) is 6.41. The second-order valence-electron chi connectivity index (χ2n) is 10.7. The van der Waals surface area contributed by atoms with Crippen LogP contribution in [-0.4, -0.2) is 36.8 Å². The SMILES string of the molecule is CCOC(=O)C1=C(c2ccccc2)N=c2s/c(=C\c3cc(Cl)c(OCc4ccc(C(=O)OCC)cc4)c(OC)c3)c(=O)n2[C@@H]1c1cccs1. The first-order valence-corrected chi connectivity index (χ1v) is 17.5. The molecule has 0 unspecified atom stereocenters. The molecule has 3 aromatic carbocycles. The number of esters is 2. The number of carbonyl (C=O) groups is 2. The van der Waals surface area contributed by atoms with E-state index in [4.69, 9.17) is 35.5 Å². The van der Waals surface area contributed by atoms with Crippen LogP contribution in [0.5, 0.6) is 11.5 Å². The van der Waals surface area contributed by atoms with Crippen LogP contribution in [0.3, 0.4) is 0 Å². The van der Waals surface area contributed by atoms with Crippen molar-refractivity contribution in [2.45, 2.75) is 26.5 Å². The van der Waals surface area contributed by atoms with Crippen LogP contribution in [-0.2, 0) is 20.9 Å². The van der Waals surface area contributed by atoms with E-state index in [1.54, 1.807) is 60.9 Å². The van der Waals surface area contributed by atoms with Crippen LogP contribution in [0.4, 0.5) is 0 Å². The number of carbonyl (C=O) groups excluding carboxylic acids is 2. The van der Waals surface area contributed by atoms with Gasteiger partial charge in [0.05, 0.1) is 46.7 Å². The molecule has 0 bridgehead atoms. The average molecular weight is 715 g/mol. The Morgan fingerprint density at radius 1 is 0.959 bits per heavy atom. The quantitative estimate of drug-likeness (QED) is 0.146. The van der Waals surface area contributed by atoms with Crippen molar-refractivity contribution in [1.82, 2.24) is 4.57 Å². The van der Waals surface area contributed by atoms with Gasteiger partial charge in [-0.25, -0.2) is 14.6 Å². The number of nitrogens with zero attached hydrogens (tertiary/aromatic N) is 2. The molecule has 0 saturated heterocycles. The molecule has 12 heteroatoms. The third-order valence-electron chi connectivity index (χ3n) is 7.58. The van der Waals surface area contributed by atoms with E-state index in [0.29, 0.717) is 49.8 Å². The molecule has 0 fully saturated rings. The van der Waals surface area contributed by atoms with Gasteiger partial charge in [-0.3, -0.25) is 9.36 Å². The Kier molecular flexibility index (Phi) is 10.4. The number of rotatable bonds is 11. The van der Waals surface area contributed by atoms with Crippen LogP contribution in [0, 0.1) is 0 Å². The van der Waals surface area contributed by atoms with Gasteiger partial charge in [-0.05, 0) is 66.8 Å². The van der Waals surface area contributed by atoms with Crippen molar-refractivity contribution in [3.63, 3.8) is 0 Å². The van der Waals surface area contributed by atoms with Gasteiger partial charge in [0.15, 0.2) is 16.3 Å². The highest BCUT2D eigenvalue weighted by atomic mass is 35.5. The van der Waals surface area contributed by atoms with Crippen LogP contribution in [0.1, 0.15) is 51.8 Å². The van der Waals surface area contributed by atoms with Crippen LogP contribution < -0.4 is 24.4 Å². The predicted molar refractivity (Wildman–Crippen MR) is 190 cm³/mol. The maximum Gasteiger partial charge on any atom is 0.338 e. The van der Waals surface area contributed by atoms with Gasteiger partial charge in [-0.2, -0.15) is 0 Å². The third kappa shape index (κ3) is 7.10.